The van der Waals surface area contributed by atoms with Crippen LogP contribution < -0.4 is 10.5 Å². The van der Waals surface area contributed by atoms with Gasteiger partial charge in [-0.3, -0.25) is 0 Å². The number of ether oxygens (including phenoxy) is 1. The molecule has 1 aromatic carbocycles. The summed E-state index contributed by atoms with van der Waals surface area (Å²) in [7, 11) is 1.66. The van der Waals surface area contributed by atoms with Crippen molar-refractivity contribution in [2.45, 2.75) is 13.3 Å². The van der Waals surface area contributed by atoms with E-state index in [1.54, 1.807) is 18.4 Å². The van der Waals surface area contributed by atoms with Crippen LogP contribution in [0.5, 0.6) is 5.75 Å². The summed E-state index contributed by atoms with van der Waals surface area (Å²) in [5.74, 6) is 0.812. The lowest BCUT2D eigenvalue weighted by atomic mass is 10.2. The van der Waals surface area contributed by atoms with E-state index in [0.717, 1.165) is 16.9 Å². The number of hydrogen-bond donors (Lipinski definition) is 1. The van der Waals surface area contributed by atoms with Gasteiger partial charge in [-0.05, 0) is 23.9 Å². The second-order valence-electron chi connectivity index (χ2n) is 3.17. The molecule has 2 nitrogen and oxygen atoms in total. The molecule has 0 fully saturated rings. The third-order valence-electron chi connectivity index (χ3n) is 2.28. The Kier molecular flexibility index (Phi) is 2.33. The summed E-state index contributed by atoms with van der Waals surface area (Å²) in [5, 5.41) is 1.22. The summed E-state index contributed by atoms with van der Waals surface area (Å²) < 4.78 is 6.46. The summed E-state index contributed by atoms with van der Waals surface area (Å²) in [6.45, 7) is 2.15. The van der Waals surface area contributed by atoms with E-state index in [2.05, 4.69) is 13.0 Å². The lowest BCUT2D eigenvalue weighted by Gasteiger charge is -2.04. The minimum absolute atomic E-state index is 0.713. The molecule has 2 aromatic rings. The van der Waals surface area contributed by atoms with Crippen LogP contribution in [0.4, 0.5) is 5.69 Å². The number of anilines is 1. The molecule has 2 rings (SSSR count). The Morgan fingerprint density at radius 2 is 2.21 bits per heavy atom. The van der Waals surface area contributed by atoms with Gasteiger partial charge in [-0.1, -0.05) is 13.0 Å². The van der Waals surface area contributed by atoms with Crippen molar-refractivity contribution in [1.82, 2.24) is 0 Å². The van der Waals surface area contributed by atoms with Gasteiger partial charge in [0.25, 0.3) is 0 Å². The third-order valence-corrected chi connectivity index (χ3v) is 3.57. The summed E-state index contributed by atoms with van der Waals surface area (Å²) in [6, 6.07) is 6.14. The molecule has 0 saturated carbocycles. The normalized spacial score (nSPS) is 10.7. The first-order valence-electron chi connectivity index (χ1n) is 4.61. The van der Waals surface area contributed by atoms with Crippen LogP contribution in [0.15, 0.2) is 18.2 Å². The van der Waals surface area contributed by atoms with E-state index >= 15 is 0 Å². The summed E-state index contributed by atoms with van der Waals surface area (Å²) in [4.78, 5) is 1.36. The molecule has 0 spiro atoms. The molecule has 0 aliphatic rings. The van der Waals surface area contributed by atoms with Crippen molar-refractivity contribution >= 4 is 27.1 Å². The Balaban J connectivity index is 2.73. The number of benzene rings is 1. The van der Waals surface area contributed by atoms with Crippen molar-refractivity contribution in [2.75, 3.05) is 12.8 Å². The van der Waals surface area contributed by atoms with E-state index in [1.807, 2.05) is 12.1 Å². The van der Waals surface area contributed by atoms with Crippen LogP contribution in [-0.2, 0) is 6.42 Å². The SMILES string of the molecule is CCc1cc2ccc(N)c(OC)c2s1. The Morgan fingerprint density at radius 1 is 1.43 bits per heavy atom. The molecule has 3 heteroatoms. The third kappa shape index (κ3) is 1.34. The Morgan fingerprint density at radius 3 is 2.86 bits per heavy atom. The fourth-order valence-corrected chi connectivity index (χ4v) is 2.66. The number of hydrogen-bond acceptors (Lipinski definition) is 3. The zero-order chi connectivity index (χ0) is 10.1. The molecule has 1 aromatic heterocycles. The second-order valence-corrected chi connectivity index (χ2v) is 4.31. The van der Waals surface area contributed by atoms with Crippen LogP contribution in [0.1, 0.15) is 11.8 Å². The molecule has 0 atom stereocenters. The number of fused-ring (bicyclic) bond motifs is 1. The zero-order valence-electron chi connectivity index (χ0n) is 8.33. The number of aryl methyl sites for hydroxylation is 1. The average Bonchev–Trinajstić information content (AvgIpc) is 2.60. The highest BCUT2D eigenvalue weighted by Gasteiger charge is 2.08. The average molecular weight is 207 g/mol. The van der Waals surface area contributed by atoms with Gasteiger partial charge in [-0.15, -0.1) is 11.3 Å². The maximum Gasteiger partial charge on any atom is 0.159 e. The van der Waals surface area contributed by atoms with Gasteiger partial charge in [0.2, 0.25) is 0 Å². The fourth-order valence-electron chi connectivity index (χ4n) is 1.53. The van der Waals surface area contributed by atoms with E-state index in [-0.39, 0.29) is 0 Å². The van der Waals surface area contributed by atoms with Crippen LogP contribution in [-0.4, -0.2) is 7.11 Å². The predicted molar refractivity (Wildman–Crippen MR) is 62.2 cm³/mol. The maximum absolute atomic E-state index is 5.83. The van der Waals surface area contributed by atoms with E-state index in [0.29, 0.717) is 5.69 Å². The Labute approximate surface area is 87.3 Å². The number of rotatable bonds is 2. The predicted octanol–water partition coefficient (Wildman–Crippen LogP) is 3.05. The van der Waals surface area contributed by atoms with Crippen LogP contribution in [0, 0.1) is 0 Å². The topological polar surface area (TPSA) is 35.2 Å². The monoisotopic (exact) mass is 207 g/mol. The van der Waals surface area contributed by atoms with Crippen LogP contribution >= 0.6 is 11.3 Å². The van der Waals surface area contributed by atoms with E-state index in [4.69, 9.17) is 10.5 Å². The number of methoxy groups -OCH3 is 1. The number of nitrogen functional groups attached to an aromatic ring is 1. The standard InChI is InChI=1S/C11H13NOS/c1-3-8-6-7-4-5-9(12)10(13-2)11(7)14-8/h4-6H,3,12H2,1-2H3. The molecule has 0 unspecified atom stereocenters. The first kappa shape index (κ1) is 9.34. The first-order chi connectivity index (χ1) is 6.76. The van der Waals surface area contributed by atoms with Gasteiger partial charge >= 0.3 is 0 Å². The molecule has 0 bridgehead atoms. The van der Waals surface area contributed by atoms with Gasteiger partial charge in [0.1, 0.15) is 0 Å². The highest BCUT2D eigenvalue weighted by Crippen LogP contribution is 2.37. The van der Waals surface area contributed by atoms with Gasteiger partial charge in [0.05, 0.1) is 17.5 Å². The highest BCUT2D eigenvalue weighted by atomic mass is 32.1. The molecule has 0 amide bonds. The van der Waals surface area contributed by atoms with Gasteiger partial charge in [-0.25, -0.2) is 0 Å². The van der Waals surface area contributed by atoms with Crippen molar-refractivity contribution in [2.24, 2.45) is 0 Å². The van der Waals surface area contributed by atoms with E-state index in [9.17, 15) is 0 Å². The fraction of sp³-hybridized carbons (Fsp3) is 0.273. The molecule has 0 aliphatic heterocycles. The number of thiophene rings is 1. The van der Waals surface area contributed by atoms with Crippen LogP contribution in [0.2, 0.25) is 0 Å². The summed E-state index contributed by atoms with van der Waals surface area (Å²) >= 11 is 1.76. The van der Waals surface area contributed by atoms with Crippen molar-refractivity contribution < 1.29 is 4.74 Å². The number of nitrogens with two attached hydrogens (primary N) is 1. The molecule has 0 saturated heterocycles. The van der Waals surface area contributed by atoms with Crippen LogP contribution in [0.3, 0.4) is 0 Å². The first-order valence-corrected chi connectivity index (χ1v) is 5.42. The lowest BCUT2D eigenvalue weighted by Crippen LogP contribution is -1.91. The second kappa shape index (κ2) is 3.50. The van der Waals surface area contributed by atoms with Gasteiger partial charge in [0.15, 0.2) is 5.75 Å². The summed E-state index contributed by atoms with van der Waals surface area (Å²) in [6.07, 6.45) is 1.06. The lowest BCUT2D eigenvalue weighted by molar-refractivity contribution is 0.422. The molecule has 14 heavy (non-hydrogen) atoms. The Bertz CT molecular complexity index is 462. The highest BCUT2D eigenvalue weighted by molar-refractivity contribution is 7.19. The molecule has 1 heterocycles. The van der Waals surface area contributed by atoms with E-state index < -0.39 is 0 Å². The molecule has 2 N–H and O–H groups in total. The van der Waals surface area contributed by atoms with Crippen molar-refractivity contribution in [3.8, 4) is 5.75 Å². The van der Waals surface area contributed by atoms with Crippen molar-refractivity contribution in [3.63, 3.8) is 0 Å². The molecule has 0 radical (unpaired) electrons. The molecule has 0 aliphatic carbocycles. The quantitative estimate of drug-likeness (QED) is 0.768. The van der Waals surface area contributed by atoms with Crippen molar-refractivity contribution in [1.29, 1.82) is 0 Å². The van der Waals surface area contributed by atoms with Crippen molar-refractivity contribution in [3.05, 3.63) is 23.1 Å². The van der Waals surface area contributed by atoms with Gasteiger partial charge in [-0.2, -0.15) is 0 Å². The minimum atomic E-state index is 0.713. The smallest absolute Gasteiger partial charge is 0.159 e. The van der Waals surface area contributed by atoms with Gasteiger partial charge < -0.3 is 10.5 Å². The summed E-state index contributed by atoms with van der Waals surface area (Å²) in [5.41, 5.74) is 6.54. The zero-order valence-corrected chi connectivity index (χ0v) is 9.15. The molecular formula is C11H13NOS. The van der Waals surface area contributed by atoms with E-state index in [1.165, 1.54) is 10.3 Å². The molecule has 74 valence electrons. The molecular weight excluding hydrogens is 194 g/mol. The minimum Gasteiger partial charge on any atom is -0.493 e. The van der Waals surface area contributed by atoms with Crippen LogP contribution in [0.25, 0.3) is 10.1 Å². The van der Waals surface area contributed by atoms with Gasteiger partial charge in [0, 0.05) is 4.88 Å². The maximum atomic E-state index is 5.83. The Hall–Kier alpha value is -1.22. The largest absolute Gasteiger partial charge is 0.493 e.